The van der Waals surface area contributed by atoms with Gasteiger partial charge in [-0.3, -0.25) is 5.10 Å². The van der Waals surface area contributed by atoms with Crippen molar-refractivity contribution in [3.8, 4) is 0 Å². The molecule has 0 radical (unpaired) electrons. The number of rotatable bonds is 6. The number of nitrogens with zero attached hydrogens (tertiary/aromatic N) is 3. The number of carbonyl (C=O) groups excluding carboxylic acids is 1. The average molecular weight is 481 g/mol. The number of hydrogen-bond donors (Lipinski definition) is 5. The van der Waals surface area contributed by atoms with E-state index in [2.05, 4.69) is 41.4 Å². The second kappa shape index (κ2) is 10.5. The van der Waals surface area contributed by atoms with Crippen LogP contribution in [0.3, 0.4) is 0 Å². The first-order valence-corrected chi connectivity index (χ1v) is 11.8. The monoisotopic (exact) mass is 480 g/mol. The Kier molecular flexibility index (Phi) is 7.42. The van der Waals surface area contributed by atoms with Crippen LogP contribution in [0.4, 0.5) is 35.5 Å². The Morgan fingerprint density at radius 3 is 2.47 bits per heavy atom. The predicted molar refractivity (Wildman–Crippen MR) is 122 cm³/mol. The molecule has 2 atom stereocenters. The first-order chi connectivity index (χ1) is 16.2. The van der Waals surface area contributed by atoms with Crippen LogP contribution in [0.5, 0.6) is 0 Å². The van der Waals surface area contributed by atoms with Gasteiger partial charge in [0, 0.05) is 36.1 Å². The van der Waals surface area contributed by atoms with Gasteiger partial charge in [-0.05, 0) is 57.9 Å². The SMILES string of the molecule is Cc1cc(Nc2ccnc(NC3CCC(NC(=O)N[C@H]4CCC[C@@H](C(F)(F)F)C4)CC3)n2)n[nH]1. The summed E-state index contributed by atoms with van der Waals surface area (Å²) in [5.41, 5.74) is 0.943. The second-order valence-electron chi connectivity index (χ2n) is 9.24. The average Bonchev–Trinajstić information content (AvgIpc) is 3.19. The van der Waals surface area contributed by atoms with E-state index in [1.165, 1.54) is 0 Å². The molecule has 2 aliphatic carbocycles. The Morgan fingerprint density at radius 1 is 1.03 bits per heavy atom. The molecule has 0 bridgehead atoms. The number of carbonyl (C=O) groups is 1. The summed E-state index contributed by atoms with van der Waals surface area (Å²) in [6.07, 6.45) is 1.83. The van der Waals surface area contributed by atoms with Gasteiger partial charge >= 0.3 is 12.2 Å². The van der Waals surface area contributed by atoms with Gasteiger partial charge in [-0.25, -0.2) is 9.78 Å². The number of aromatic amines is 1. The highest BCUT2D eigenvalue weighted by atomic mass is 19.4. The van der Waals surface area contributed by atoms with Crippen LogP contribution in [0.1, 0.15) is 57.1 Å². The van der Waals surface area contributed by atoms with Gasteiger partial charge < -0.3 is 21.3 Å². The lowest BCUT2D eigenvalue weighted by atomic mass is 9.85. The molecule has 0 unspecified atom stereocenters. The molecule has 12 heteroatoms. The van der Waals surface area contributed by atoms with Gasteiger partial charge in [-0.1, -0.05) is 6.42 Å². The highest BCUT2D eigenvalue weighted by Gasteiger charge is 2.42. The Hall–Kier alpha value is -3.05. The smallest absolute Gasteiger partial charge is 0.351 e. The van der Waals surface area contributed by atoms with Gasteiger partial charge in [0.1, 0.15) is 5.82 Å². The Bertz CT molecular complexity index is 958. The van der Waals surface area contributed by atoms with E-state index in [0.29, 0.717) is 30.4 Å². The number of nitrogens with one attached hydrogen (secondary N) is 5. The van der Waals surface area contributed by atoms with Gasteiger partial charge in [-0.15, -0.1) is 0 Å². The standard InChI is InChI=1S/C22H31F3N8O/c1-13-11-19(33-32-13)30-18-9-10-26-20(31-18)27-15-5-7-16(8-6-15)28-21(34)29-17-4-2-3-14(12-17)22(23,24)25/h9-11,14-17H,2-8,12H2,1H3,(H2,28,29,34)(H3,26,27,30,31,32,33)/t14-,15?,16?,17+/m1/s1. The highest BCUT2D eigenvalue weighted by Crippen LogP contribution is 2.37. The number of aryl methyl sites for hydroxylation is 1. The molecule has 2 heterocycles. The van der Waals surface area contributed by atoms with Crippen LogP contribution in [0, 0.1) is 12.8 Å². The Balaban J connectivity index is 1.19. The molecule has 5 N–H and O–H groups in total. The van der Waals surface area contributed by atoms with Crippen LogP contribution in [-0.4, -0.2) is 50.5 Å². The van der Waals surface area contributed by atoms with Crippen LogP contribution < -0.4 is 21.3 Å². The maximum Gasteiger partial charge on any atom is 0.391 e. The summed E-state index contributed by atoms with van der Waals surface area (Å²) in [5, 5.41) is 19.1. The van der Waals surface area contributed by atoms with Gasteiger partial charge in [0.2, 0.25) is 5.95 Å². The topological polar surface area (TPSA) is 120 Å². The first-order valence-electron chi connectivity index (χ1n) is 11.8. The minimum Gasteiger partial charge on any atom is -0.351 e. The fraction of sp³-hybridized carbons (Fsp3) is 0.636. The van der Waals surface area contributed by atoms with Crippen molar-refractivity contribution in [3.05, 3.63) is 24.0 Å². The van der Waals surface area contributed by atoms with Gasteiger partial charge in [0.15, 0.2) is 5.82 Å². The van der Waals surface area contributed by atoms with Crippen LogP contribution in [0.25, 0.3) is 0 Å². The number of urea groups is 1. The molecule has 34 heavy (non-hydrogen) atoms. The number of hydrogen-bond acceptors (Lipinski definition) is 6. The molecular weight excluding hydrogens is 449 g/mol. The second-order valence-corrected chi connectivity index (χ2v) is 9.24. The highest BCUT2D eigenvalue weighted by molar-refractivity contribution is 5.74. The molecule has 2 fully saturated rings. The summed E-state index contributed by atoms with van der Waals surface area (Å²) in [7, 11) is 0. The van der Waals surface area contributed by atoms with Crippen molar-refractivity contribution in [1.82, 2.24) is 30.8 Å². The van der Waals surface area contributed by atoms with Crippen molar-refractivity contribution in [2.45, 2.75) is 82.6 Å². The maximum atomic E-state index is 13.0. The van der Waals surface area contributed by atoms with E-state index in [1.807, 2.05) is 13.0 Å². The third kappa shape index (κ3) is 6.73. The van der Waals surface area contributed by atoms with Crippen molar-refractivity contribution in [1.29, 1.82) is 0 Å². The predicted octanol–water partition coefficient (Wildman–Crippen LogP) is 4.40. The summed E-state index contributed by atoms with van der Waals surface area (Å²) in [6, 6.07) is 3.01. The molecular formula is C22H31F3N8O. The van der Waals surface area contributed by atoms with Gasteiger partial charge in [0.25, 0.3) is 0 Å². The fourth-order valence-electron chi connectivity index (χ4n) is 4.71. The minimum atomic E-state index is -4.19. The molecule has 9 nitrogen and oxygen atoms in total. The number of halogens is 3. The zero-order valence-electron chi connectivity index (χ0n) is 19.1. The summed E-state index contributed by atoms with van der Waals surface area (Å²) in [4.78, 5) is 21.1. The molecule has 186 valence electrons. The minimum absolute atomic E-state index is 0.00289. The van der Waals surface area contributed by atoms with Crippen LogP contribution >= 0.6 is 0 Å². The van der Waals surface area contributed by atoms with E-state index in [9.17, 15) is 18.0 Å². The van der Waals surface area contributed by atoms with Crippen molar-refractivity contribution in [2.75, 3.05) is 10.6 Å². The molecule has 0 aliphatic heterocycles. The lowest BCUT2D eigenvalue weighted by molar-refractivity contribution is -0.183. The van der Waals surface area contributed by atoms with Gasteiger partial charge in [-0.2, -0.15) is 23.3 Å². The summed E-state index contributed by atoms with van der Waals surface area (Å²) < 4.78 is 39.0. The summed E-state index contributed by atoms with van der Waals surface area (Å²) >= 11 is 0. The molecule has 4 rings (SSSR count). The van der Waals surface area contributed by atoms with E-state index in [4.69, 9.17) is 0 Å². The number of alkyl halides is 3. The number of amides is 2. The summed E-state index contributed by atoms with van der Waals surface area (Å²) in [6.45, 7) is 1.92. The largest absolute Gasteiger partial charge is 0.391 e. The molecule has 0 saturated heterocycles. The Morgan fingerprint density at radius 2 is 1.76 bits per heavy atom. The normalized spacial score (nSPS) is 25.4. The van der Waals surface area contributed by atoms with E-state index in [-0.39, 0.29) is 31.0 Å². The van der Waals surface area contributed by atoms with Crippen LogP contribution in [0.2, 0.25) is 0 Å². The Labute approximate surface area is 196 Å². The maximum absolute atomic E-state index is 13.0. The third-order valence-electron chi connectivity index (χ3n) is 6.49. The number of anilines is 3. The molecule has 2 aromatic heterocycles. The van der Waals surface area contributed by atoms with Crippen molar-refractivity contribution in [3.63, 3.8) is 0 Å². The van der Waals surface area contributed by atoms with Crippen molar-refractivity contribution < 1.29 is 18.0 Å². The molecule has 0 aromatic carbocycles. The first kappa shape index (κ1) is 24.1. The number of aromatic nitrogens is 4. The van der Waals surface area contributed by atoms with E-state index >= 15 is 0 Å². The zero-order chi connectivity index (χ0) is 24.1. The zero-order valence-corrected chi connectivity index (χ0v) is 19.1. The van der Waals surface area contributed by atoms with Crippen molar-refractivity contribution >= 4 is 23.6 Å². The van der Waals surface area contributed by atoms with Crippen molar-refractivity contribution in [2.24, 2.45) is 5.92 Å². The van der Waals surface area contributed by atoms with E-state index in [0.717, 1.165) is 31.4 Å². The number of H-pyrrole nitrogens is 1. The molecule has 0 spiro atoms. The quantitative estimate of drug-likeness (QED) is 0.418. The third-order valence-corrected chi connectivity index (χ3v) is 6.49. The lowest BCUT2D eigenvalue weighted by Crippen LogP contribution is -2.49. The van der Waals surface area contributed by atoms with Crippen LogP contribution in [-0.2, 0) is 0 Å². The molecule has 2 aromatic rings. The van der Waals surface area contributed by atoms with E-state index in [1.54, 1.807) is 12.3 Å². The van der Waals surface area contributed by atoms with Crippen LogP contribution in [0.15, 0.2) is 18.3 Å². The fourth-order valence-corrected chi connectivity index (χ4v) is 4.71. The summed E-state index contributed by atoms with van der Waals surface area (Å²) in [5.74, 6) is 0.496. The van der Waals surface area contributed by atoms with Gasteiger partial charge in [0.05, 0.1) is 5.92 Å². The lowest BCUT2D eigenvalue weighted by Gasteiger charge is -2.33. The molecule has 2 aliphatic rings. The van der Waals surface area contributed by atoms with E-state index < -0.39 is 18.1 Å². The molecule has 2 amide bonds. The molecule has 2 saturated carbocycles.